The number of halogens is 1. The van der Waals surface area contributed by atoms with E-state index in [0.29, 0.717) is 38.3 Å². The first-order valence-electron chi connectivity index (χ1n) is 13.9. The Hall–Kier alpha value is -2.99. The van der Waals surface area contributed by atoms with Gasteiger partial charge >= 0.3 is 11.7 Å². The molecule has 218 valence electrons. The van der Waals surface area contributed by atoms with Crippen LogP contribution in [0.5, 0.6) is 0 Å². The predicted octanol–water partition coefficient (Wildman–Crippen LogP) is 1.35. The van der Waals surface area contributed by atoms with Crippen molar-refractivity contribution >= 4 is 30.2 Å². The van der Waals surface area contributed by atoms with Crippen LogP contribution >= 0.6 is 12.4 Å². The van der Waals surface area contributed by atoms with Gasteiger partial charge < -0.3 is 21.3 Å². The van der Waals surface area contributed by atoms with E-state index in [4.69, 9.17) is 11.5 Å². The Kier molecular flexibility index (Phi) is 9.19. The molecule has 2 saturated heterocycles. The minimum atomic E-state index is -0.944. The lowest BCUT2D eigenvalue weighted by atomic mass is 9.86. The molecule has 3 aliphatic rings. The van der Waals surface area contributed by atoms with Crippen LogP contribution in [0.3, 0.4) is 0 Å². The highest BCUT2D eigenvalue weighted by Gasteiger charge is 2.31. The monoisotopic (exact) mass is 572 g/mol. The normalized spacial score (nSPS) is 20.4. The first-order valence-corrected chi connectivity index (χ1v) is 13.9. The molecule has 0 spiro atoms. The third-order valence-electron chi connectivity index (χ3n) is 8.21. The second kappa shape index (κ2) is 12.3. The highest BCUT2D eigenvalue weighted by molar-refractivity contribution is 5.89. The van der Waals surface area contributed by atoms with Gasteiger partial charge in [0.05, 0.1) is 11.2 Å². The van der Waals surface area contributed by atoms with E-state index in [0.717, 1.165) is 50.9 Å². The molecule has 3 heterocycles. The molecule has 2 aliphatic heterocycles. The Morgan fingerprint density at radius 1 is 0.975 bits per heavy atom. The minimum Gasteiger partial charge on any atom is -0.338 e. The summed E-state index contributed by atoms with van der Waals surface area (Å²) in [5, 5.41) is 2.72. The van der Waals surface area contributed by atoms with Gasteiger partial charge in [-0.1, -0.05) is 6.07 Å². The van der Waals surface area contributed by atoms with Crippen LogP contribution in [0.25, 0.3) is 5.69 Å². The van der Waals surface area contributed by atoms with Crippen molar-refractivity contribution < 1.29 is 9.59 Å². The van der Waals surface area contributed by atoms with Gasteiger partial charge in [0.25, 0.3) is 0 Å². The zero-order valence-electron chi connectivity index (χ0n) is 23.3. The summed E-state index contributed by atoms with van der Waals surface area (Å²) in [4.78, 5) is 48.0. The molecule has 12 heteroatoms. The Morgan fingerprint density at radius 3 is 2.30 bits per heavy atom. The zero-order chi connectivity index (χ0) is 27.7. The second-order valence-corrected chi connectivity index (χ2v) is 11.6. The number of nitrogens with zero attached hydrogens (tertiary/aromatic N) is 5. The maximum atomic E-state index is 12.9. The Labute approximate surface area is 241 Å². The number of anilines is 1. The highest BCUT2D eigenvalue weighted by Crippen LogP contribution is 2.28. The first kappa shape index (κ1) is 30.0. The first-order chi connectivity index (χ1) is 18.6. The number of carbonyl (C=O) groups is 2. The number of fused-ring (bicyclic) bond motifs is 1. The maximum absolute atomic E-state index is 12.9. The number of urea groups is 1. The molecule has 3 amide bonds. The number of nitrogens with two attached hydrogens (primary N) is 2. The van der Waals surface area contributed by atoms with Crippen LogP contribution in [0.2, 0.25) is 0 Å². The minimum absolute atomic E-state index is 0. The van der Waals surface area contributed by atoms with Gasteiger partial charge in [-0.3, -0.25) is 19.6 Å². The van der Waals surface area contributed by atoms with E-state index < -0.39 is 11.2 Å². The van der Waals surface area contributed by atoms with Crippen molar-refractivity contribution in [3.05, 3.63) is 52.1 Å². The number of carbonyl (C=O) groups excluding carboxylic acids is 2. The molecule has 1 atom stereocenters. The topological polar surface area (TPSA) is 143 Å². The number of likely N-dealkylation sites (tertiary alicyclic amines) is 1. The van der Waals surface area contributed by atoms with E-state index >= 15 is 0 Å². The molecule has 1 aliphatic carbocycles. The molecule has 0 radical (unpaired) electrons. The van der Waals surface area contributed by atoms with Gasteiger partial charge in [-0.05, 0) is 88.4 Å². The van der Waals surface area contributed by atoms with Crippen LogP contribution in [-0.4, -0.2) is 93.1 Å². The fraction of sp³-hybridized carbons (Fsp3) is 0.571. The fourth-order valence-corrected chi connectivity index (χ4v) is 5.85. The SMILES string of the molecule is CC(C)(N)C(=O)N1CCN(C(=O)Nc2ccn(-c3ccc4c(c3)CCC(N3CCC(N)CC3)C4)c(=O)n2)CC1.Cl. The number of amides is 3. The molecule has 5 N–H and O–H groups in total. The van der Waals surface area contributed by atoms with Gasteiger partial charge in [-0.2, -0.15) is 4.98 Å². The van der Waals surface area contributed by atoms with Crippen molar-refractivity contribution in [3.63, 3.8) is 0 Å². The summed E-state index contributed by atoms with van der Waals surface area (Å²) in [6, 6.07) is 8.36. The lowest BCUT2D eigenvalue weighted by Crippen LogP contribution is -2.58. The molecule has 40 heavy (non-hydrogen) atoms. The summed E-state index contributed by atoms with van der Waals surface area (Å²) in [5.41, 5.74) is 14.0. The molecule has 0 saturated carbocycles. The molecule has 2 aromatic rings. The van der Waals surface area contributed by atoms with Gasteiger partial charge in [0.1, 0.15) is 5.82 Å². The number of nitrogens with one attached hydrogen (secondary N) is 1. The summed E-state index contributed by atoms with van der Waals surface area (Å²) in [7, 11) is 0. The van der Waals surface area contributed by atoms with E-state index in [1.54, 1.807) is 35.9 Å². The molecular weight excluding hydrogens is 532 g/mol. The average molecular weight is 573 g/mol. The lowest BCUT2D eigenvalue weighted by Gasteiger charge is -2.39. The van der Waals surface area contributed by atoms with E-state index in [2.05, 4.69) is 27.3 Å². The van der Waals surface area contributed by atoms with Crippen molar-refractivity contribution in [2.45, 2.75) is 63.6 Å². The van der Waals surface area contributed by atoms with Gasteiger partial charge in [0, 0.05) is 44.5 Å². The van der Waals surface area contributed by atoms with Gasteiger partial charge in [0.15, 0.2) is 0 Å². The summed E-state index contributed by atoms with van der Waals surface area (Å²) in [6.45, 7) is 7.08. The molecule has 1 unspecified atom stereocenters. The van der Waals surface area contributed by atoms with Crippen LogP contribution in [-0.2, 0) is 17.6 Å². The standard InChI is InChI=1S/C28H40N8O3.ClH/c1-28(2,30)25(37)34-13-15-35(16-14-34)26(38)31-24-9-12-36(27(39)32-24)23-6-4-19-17-22(5-3-20(19)18-23)33-10-7-21(29)8-11-33;/h4,6,9,12,18,21-22H,3,5,7-8,10-11,13-17,29-30H2,1-2H3,(H,31,32,38,39);1H. The number of piperazine rings is 1. The third kappa shape index (κ3) is 6.65. The van der Waals surface area contributed by atoms with Crippen LogP contribution in [0, 0.1) is 0 Å². The van der Waals surface area contributed by atoms with E-state index in [1.807, 2.05) is 6.07 Å². The smallest absolute Gasteiger partial charge is 0.338 e. The zero-order valence-corrected chi connectivity index (χ0v) is 24.2. The van der Waals surface area contributed by atoms with Crippen molar-refractivity contribution in [3.8, 4) is 5.69 Å². The number of aryl methyl sites for hydroxylation is 1. The van der Waals surface area contributed by atoms with Gasteiger partial charge in [-0.25, -0.2) is 9.59 Å². The average Bonchev–Trinajstić information content (AvgIpc) is 2.92. The summed E-state index contributed by atoms with van der Waals surface area (Å²) in [5.74, 6) is 0.0620. The Balaban J connectivity index is 0.00000370. The summed E-state index contributed by atoms with van der Waals surface area (Å²) < 4.78 is 1.51. The third-order valence-corrected chi connectivity index (χ3v) is 8.21. The van der Waals surface area contributed by atoms with E-state index in [9.17, 15) is 14.4 Å². The van der Waals surface area contributed by atoms with E-state index in [-0.39, 0.29) is 30.2 Å². The molecule has 1 aromatic heterocycles. The van der Waals surface area contributed by atoms with Crippen LogP contribution in [0.1, 0.15) is 44.2 Å². The van der Waals surface area contributed by atoms with Crippen LogP contribution < -0.4 is 22.5 Å². The Morgan fingerprint density at radius 2 is 1.65 bits per heavy atom. The molecule has 11 nitrogen and oxygen atoms in total. The maximum Gasteiger partial charge on any atom is 0.354 e. The van der Waals surface area contributed by atoms with Crippen LogP contribution in [0.15, 0.2) is 35.3 Å². The van der Waals surface area contributed by atoms with Crippen molar-refractivity contribution in [1.29, 1.82) is 0 Å². The number of rotatable bonds is 4. The number of benzene rings is 1. The summed E-state index contributed by atoms with van der Waals surface area (Å²) in [6.07, 6.45) is 6.90. The largest absolute Gasteiger partial charge is 0.354 e. The second-order valence-electron chi connectivity index (χ2n) is 11.6. The van der Waals surface area contributed by atoms with Crippen molar-refractivity contribution in [2.75, 3.05) is 44.6 Å². The number of hydrogen-bond donors (Lipinski definition) is 3. The van der Waals surface area contributed by atoms with Gasteiger partial charge in [0.2, 0.25) is 5.91 Å². The fourth-order valence-electron chi connectivity index (χ4n) is 5.85. The number of aromatic nitrogens is 2. The predicted molar refractivity (Wildman–Crippen MR) is 157 cm³/mol. The quantitative estimate of drug-likeness (QED) is 0.502. The van der Waals surface area contributed by atoms with Gasteiger partial charge in [-0.15, -0.1) is 12.4 Å². The van der Waals surface area contributed by atoms with Crippen LogP contribution in [0.4, 0.5) is 10.6 Å². The summed E-state index contributed by atoms with van der Waals surface area (Å²) >= 11 is 0. The molecule has 5 rings (SSSR count). The molecule has 2 fully saturated rings. The van der Waals surface area contributed by atoms with Crippen molar-refractivity contribution in [2.24, 2.45) is 11.5 Å². The van der Waals surface area contributed by atoms with Crippen molar-refractivity contribution in [1.82, 2.24) is 24.3 Å². The Bertz CT molecular complexity index is 1280. The molecular formula is C28H41ClN8O3. The molecule has 1 aromatic carbocycles. The lowest BCUT2D eigenvalue weighted by molar-refractivity contribution is -0.137. The number of piperidine rings is 1. The molecule has 0 bridgehead atoms. The number of hydrogen-bond acceptors (Lipinski definition) is 7. The van der Waals surface area contributed by atoms with E-state index in [1.165, 1.54) is 15.7 Å². The highest BCUT2D eigenvalue weighted by atomic mass is 35.5.